The van der Waals surface area contributed by atoms with E-state index in [9.17, 15) is 4.21 Å². The lowest BCUT2D eigenvalue weighted by molar-refractivity contribution is 0.486. The van der Waals surface area contributed by atoms with E-state index in [1.165, 1.54) is 0 Å². The lowest BCUT2D eigenvalue weighted by Gasteiger charge is -2.31. The summed E-state index contributed by atoms with van der Waals surface area (Å²) in [6, 6.07) is 11.8. The predicted molar refractivity (Wildman–Crippen MR) is 118 cm³/mol. The third-order valence-corrected chi connectivity index (χ3v) is 6.15. The van der Waals surface area contributed by atoms with Crippen molar-refractivity contribution >= 4 is 22.1 Å². The zero-order valence-electron chi connectivity index (χ0n) is 17.0. The van der Waals surface area contributed by atoms with Crippen molar-refractivity contribution in [1.82, 2.24) is 0 Å². The van der Waals surface area contributed by atoms with Crippen LogP contribution >= 0.6 is 0 Å². The third kappa shape index (κ3) is 4.70. The SMILES string of the molecule is C=C(C)c1ccc(C#Cc2ccc3c(c2)C(C)(C)CCS3=O)cc1N.CC. The molecule has 0 spiro atoms. The molecule has 1 aliphatic rings. The minimum atomic E-state index is -0.893. The lowest BCUT2D eigenvalue weighted by atomic mass is 9.81. The van der Waals surface area contributed by atoms with Gasteiger partial charge in [0.05, 0.1) is 10.8 Å². The summed E-state index contributed by atoms with van der Waals surface area (Å²) in [5.41, 5.74) is 11.7. The van der Waals surface area contributed by atoms with E-state index in [0.717, 1.165) is 44.9 Å². The van der Waals surface area contributed by atoms with Gasteiger partial charge in [-0.05, 0) is 65.8 Å². The van der Waals surface area contributed by atoms with E-state index in [1.807, 2.05) is 51.1 Å². The van der Waals surface area contributed by atoms with E-state index in [1.54, 1.807) is 0 Å². The summed E-state index contributed by atoms with van der Waals surface area (Å²) in [7, 11) is -0.893. The summed E-state index contributed by atoms with van der Waals surface area (Å²) in [5, 5.41) is 0. The van der Waals surface area contributed by atoms with Gasteiger partial charge >= 0.3 is 0 Å². The number of anilines is 1. The number of rotatable bonds is 1. The number of nitrogen functional groups attached to an aromatic ring is 1. The van der Waals surface area contributed by atoms with Crippen LogP contribution in [0.3, 0.4) is 0 Å². The Morgan fingerprint density at radius 1 is 1.11 bits per heavy atom. The minimum absolute atomic E-state index is 0.0362. The first-order chi connectivity index (χ1) is 12.8. The number of allylic oxidation sites excluding steroid dienone is 1. The summed E-state index contributed by atoms with van der Waals surface area (Å²) in [6.07, 6.45) is 0.933. The van der Waals surface area contributed by atoms with Crippen molar-refractivity contribution in [3.63, 3.8) is 0 Å². The van der Waals surface area contributed by atoms with Crippen LogP contribution in [0.1, 0.15) is 63.3 Å². The summed E-state index contributed by atoms with van der Waals surface area (Å²) in [6.45, 7) is 14.3. The highest BCUT2D eigenvalue weighted by molar-refractivity contribution is 7.85. The molecule has 0 saturated carbocycles. The molecular formula is C24H29NOS. The molecule has 1 unspecified atom stereocenters. The topological polar surface area (TPSA) is 43.1 Å². The standard InChI is InChI=1S/C22H23NOS.C2H6/c1-15(2)18-9-7-17(14-20(18)23)6-5-16-8-10-21-19(13-16)22(3,4)11-12-25(21)24;1-2/h7-10,13-14H,1,11-12,23H2,2-4H3;1-2H3. The smallest absolute Gasteiger partial charge is 0.0532 e. The van der Waals surface area contributed by atoms with Gasteiger partial charge in [0.2, 0.25) is 0 Å². The van der Waals surface area contributed by atoms with Gasteiger partial charge in [-0.15, -0.1) is 0 Å². The maximum Gasteiger partial charge on any atom is 0.0532 e. The Morgan fingerprint density at radius 3 is 2.30 bits per heavy atom. The highest BCUT2D eigenvalue weighted by Gasteiger charge is 2.31. The number of benzene rings is 2. The molecule has 0 radical (unpaired) electrons. The molecule has 3 rings (SSSR count). The molecule has 2 aromatic carbocycles. The molecule has 0 bridgehead atoms. The number of nitrogens with two attached hydrogens (primary N) is 1. The van der Waals surface area contributed by atoms with Gasteiger partial charge in [-0.2, -0.15) is 0 Å². The minimum Gasteiger partial charge on any atom is -0.398 e. The first-order valence-electron chi connectivity index (χ1n) is 9.38. The van der Waals surface area contributed by atoms with E-state index in [-0.39, 0.29) is 5.41 Å². The van der Waals surface area contributed by atoms with E-state index in [2.05, 4.69) is 38.3 Å². The molecule has 0 aromatic heterocycles. The second kappa shape index (κ2) is 8.59. The van der Waals surface area contributed by atoms with Gasteiger partial charge in [0.25, 0.3) is 0 Å². The lowest BCUT2D eigenvalue weighted by Crippen LogP contribution is -2.27. The molecular weight excluding hydrogens is 350 g/mol. The normalized spacial score (nSPS) is 16.9. The zero-order chi connectivity index (χ0) is 20.2. The van der Waals surface area contributed by atoms with Gasteiger partial charge in [-0.25, -0.2) is 0 Å². The monoisotopic (exact) mass is 379 g/mol. The summed E-state index contributed by atoms with van der Waals surface area (Å²) >= 11 is 0. The Morgan fingerprint density at radius 2 is 1.70 bits per heavy atom. The van der Waals surface area contributed by atoms with Crippen LogP contribution in [0.5, 0.6) is 0 Å². The summed E-state index contributed by atoms with van der Waals surface area (Å²) in [5.74, 6) is 7.13. The van der Waals surface area contributed by atoms with Crippen LogP contribution in [0.4, 0.5) is 5.69 Å². The van der Waals surface area contributed by atoms with Crippen molar-refractivity contribution in [3.05, 3.63) is 65.2 Å². The van der Waals surface area contributed by atoms with Crippen LogP contribution in [-0.2, 0) is 16.2 Å². The van der Waals surface area contributed by atoms with Crippen LogP contribution in [0, 0.1) is 11.8 Å². The summed E-state index contributed by atoms with van der Waals surface area (Å²) < 4.78 is 12.2. The van der Waals surface area contributed by atoms with Crippen LogP contribution < -0.4 is 5.73 Å². The van der Waals surface area contributed by atoms with Crippen LogP contribution in [0.25, 0.3) is 5.57 Å². The Hall–Kier alpha value is -2.31. The number of hydrogen-bond donors (Lipinski definition) is 1. The molecule has 0 fully saturated rings. The maximum absolute atomic E-state index is 12.2. The fourth-order valence-corrected chi connectivity index (χ4v) is 4.82. The van der Waals surface area contributed by atoms with Crippen molar-refractivity contribution in [2.24, 2.45) is 0 Å². The summed E-state index contributed by atoms with van der Waals surface area (Å²) in [4.78, 5) is 0.955. The van der Waals surface area contributed by atoms with E-state index >= 15 is 0 Å². The average Bonchev–Trinajstić information content (AvgIpc) is 2.65. The second-order valence-corrected chi connectivity index (χ2v) is 8.77. The maximum atomic E-state index is 12.2. The molecule has 2 nitrogen and oxygen atoms in total. The van der Waals surface area contributed by atoms with Crippen molar-refractivity contribution in [1.29, 1.82) is 0 Å². The Bertz CT molecular complexity index is 945. The van der Waals surface area contributed by atoms with E-state index in [0.29, 0.717) is 5.69 Å². The first kappa shape index (κ1) is 21.0. The van der Waals surface area contributed by atoms with Crippen molar-refractivity contribution < 1.29 is 4.21 Å². The van der Waals surface area contributed by atoms with Crippen LogP contribution in [-0.4, -0.2) is 9.96 Å². The van der Waals surface area contributed by atoms with Gasteiger partial charge in [0, 0.05) is 27.5 Å². The average molecular weight is 380 g/mol. The number of hydrogen-bond acceptors (Lipinski definition) is 2. The van der Waals surface area contributed by atoms with Gasteiger partial charge < -0.3 is 5.73 Å². The first-order valence-corrected chi connectivity index (χ1v) is 10.7. The Kier molecular flexibility index (Phi) is 6.68. The highest BCUT2D eigenvalue weighted by atomic mass is 32.2. The van der Waals surface area contributed by atoms with Crippen LogP contribution in [0.15, 0.2) is 47.9 Å². The van der Waals surface area contributed by atoms with E-state index in [4.69, 9.17) is 5.73 Å². The van der Waals surface area contributed by atoms with Crippen LogP contribution in [0.2, 0.25) is 0 Å². The number of fused-ring (bicyclic) bond motifs is 1. The Labute approximate surface area is 166 Å². The van der Waals surface area contributed by atoms with Crippen molar-refractivity contribution in [2.45, 2.75) is 51.3 Å². The van der Waals surface area contributed by atoms with Crippen molar-refractivity contribution in [2.75, 3.05) is 11.5 Å². The molecule has 1 aliphatic heterocycles. The van der Waals surface area contributed by atoms with Crippen molar-refractivity contribution in [3.8, 4) is 11.8 Å². The largest absolute Gasteiger partial charge is 0.398 e. The molecule has 2 N–H and O–H groups in total. The fraction of sp³-hybridized carbons (Fsp3) is 0.333. The third-order valence-electron chi connectivity index (χ3n) is 4.73. The highest BCUT2D eigenvalue weighted by Crippen LogP contribution is 2.37. The van der Waals surface area contributed by atoms with Gasteiger partial charge in [-0.1, -0.05) is 52.2 Å². The molecule has 27 heavy (non-hydrogen) atoms. The van der Waals surface area contributed by atoms with Gasteiger partial charge in [0.1, 0.15) is 0 Å². The van der Waals surface area contributed by atoms with Gasteiger partial charge in [-0.3, -0.25) is 4.21 Å². The molecule has 1 heterocycles. The fourth-order valence-electron chi connectivity index (χ4n) is 3.10. The van der Waals surface area contributed by atoms with E-state index < -0.39 is 10.8 Å². The zero-order valence-corrected chi connectivity index (χ0v) is 17.8. The predicted octanol–water partition coefficient (Wildman–Crippen LogP) is 5.52. The molecule has 2 aromatic rings. The Balaban J connectivity index is 0.00000126. The molecule has 1 atom stereocenters. The molecule has 142 valence electrons. The molecule has 3 heteroatoms. The molecule has 0 amide bonds. The molecule has 0 saturated heterocycles. The van der Waals surface area contributed by atoms with Gasteiger partial charge in [0.15, 0.2) is 0 Å². The second-order valence-electron chi connectivity index (χ2n) is 7.23. The quantitative estimate of drug-likeness (QED) is 0.524. The molecule has 0 aliphatic carbocycles.